The van der Waals surface area contributed by atoms with Gasteiger partial charge in [-0.1, -0.05) is 19.4 Å². The Labute approximate surface area is 205 Å². The van der Waals surface area contributed by atoms with Crippen LogP contribution in [0.4, 0.5) is 16.2 Å². The van der Waals surface area contributed by atoms with Crippen molar-refractivity contribution in [1.29, 1.82) is 0 Å². The molecule has 0 spiro atoms. The number of nitrogens with zero attached hydrogens (tertiary/aromatic N) is 3. The van der Waals surface area contributed by atoms with Crippen molar-refractivity contribution < 1.29 is 19.4 Å². The minimum Gasteiger partial charge on any atom is -0.446 e. The minimum absolute atomic E-state index is 0.104. The Bertz CT molecular complexity index is 875. The van der Waals surface area contributed by atoms with E-state index in [-0.39, 0.29) is 36.0 Å². The fraction of sp³-hybridized carbons (Fsp3) is 0.704. The molecule has 1 saturated carbocycles. The van der Waals surface area contributed by atoms with E-state index in [1.165, 1.54) is 0 Å². The summed E-state index contributed by atoms with van der Waals surface area (Å²) in [5.41, 5.74) is 1.92. The number of rotatable bonds is 9. The van der Waals surface area contributed by atoms with Crippen LogP contribution in [0.5, 0.6) is 0 Å². The van der Waals surface area contributed by atoms with Gasteiger partial charge in [0, 0.05) is 25.6 Å². The number of amides is 2. The SMILES string of the molecule is CCCC(CN(C)CC(C)(C)O)c1ccc2c(c1)N(C(=O)OC(C)C)C[C@H](C)N2C(=O)C1CC1. The van der Waals surface area contributed by atoms with Gasteiger partial charge in [0.15, 0.2) is 0 Å². The van der Waals surface area contributed by atoms with E-state index in [0.717, 1.165) is 49.2 Å². The Morgan fingerprint density at radius 1 is 1.24 bits per heavy atom. The summed E-state index contributed by atoms with van der Waals surface area (Å²) in [7, 11) is 2.03. The molecule has 34 heavy (non-hydrogen) atoms. The zero-order valence-corrected chi connectivity index (χ0v) is 22.0. The Hall–Kier alpha value is -2.12. The summed E-state index contributed by atoms with van der Waals surface area (Å²) < 4.78 is 5.57. The molecule has 1 aromatic carbocycles. The van der Waals surface area contributed by atoms with Crippen LogP contribution < -0.4 is 9.80 Å². The summed E-state index contributed by atoms with van der Waals surface area (Å²) in [5, 5.41) is 10.2. The van der Waals surface area contributed by atoms with Crippen molar-refractivity contribution in [2.75, 3.05) is 36.5 Å². The summed E-state index contributed by atoms with van der Waals surface area (Å²) in [6, 6.07) is 6.08. The highest BCUT2D eigenvalue weighted by atomic mass is 16.6. The maximum atomic E-state index is 13.1. The third-order valence-electron chi connectivity index (χ3n) is 6.46. The van der Waals surface area contributed by atoms with E-state index in [1.807, 2.05) is 52.6 Å². The molecule has 1 fully saturated rings. The first-order chi connectivity index (χ1) is 15.9. The van der Waals surface area contributed by atoms with Crippen LogP contribution in [-0.2, 0) is 9.53 Å². The number of likely N-dealkylation sites (N-methyl/N-ethyl adjacent to an activating group) is 1. The lowest BCUT2D eigenvalue weighted by atomic mass is 9.91. The lowest BCUT2D eigenvalue weighted by molar-refractivity contribution is -0.120. The lowest BCUT2D eigenvalue weighted by Gasteiger charge is -2.41. The van der Waals surface area contributed by atoms with E-state index in [9.17, 15) is 14.7 Å². The van der Waals surface area contributed by atoms with Gasteiger partial charge < -0.3 is 19.6 Å². The average molecular weight is 474 g/mol. The van der Waals surface area contributed by atoms with Crippen LogP contribution >= 0.6 is 0 Å². The summed E-state index contributed by atoms with van der Waals surface area (Å²) in [4.78, 5) is 31.9. The fourth-order valence-electron chi connectivity index (χ4n) is 5.01. The quantitative estimate of drug-likeness (QED) is 0.559. The number of hydrogen-bond donors (Lipinski definition) is 1. The van der Waals surface area contributed by atoms with E-state index in [4.69, 9.17) is 4.74 Å². The molecule has 1 unspecified atom stereocenters. The second-order valence-corrected chi connectivity index (χ2v) is 11.1. The third kappa shape index (κ3) is 6.51. The van der Waals surface area contributed by atoms with Crippen molar-refractivity contribution in [1.82, 2.24) is 4.90 Å². The molecule has 1 aliphatic carbocycles. The Morgan fingerprint density at radius 3 is 2.47 bits per heavy atom. The highest BCUT2D eigenvalue weighted by molar-refractivity contribution is 6.04. The highest BCUT2D eigenvalue weighted by Crippen LogP contribution is 2.42. The van der Waals surface area contributed by atoms with E-state index in [1.54, 1.807) is 4.90 Å². The van der Waals surface area contributed by atoms with Crippen LogP contribution in [0.2, 0.25) is 0 Å². The predicted octanol–water partition coefficient (Wildman–Crippen LogP) is 4.77. The van der Waals surface area contributed by atoms with Crippen LogP contribution in [0.3, 0.4) is 0 Å². The molecule has 7 nitrogen and oxygen atoms in total. The van der Waals surface area contributed by atoms with Crippen molar-refractivity contribution in [2.24, 2.45) is 5.92 Å². The van der Waals surface area contributed by atoms with Gasteiger partial charge >= 0.3 is 6.09 Å². The second kappa shape index (κ2) is 10.6. The molecule has 1 aliphatic heterocycles. The molecule has 0 bridgehead atoms. The van der Waals surface area contributed by atoms with Crippen molar-refractivity contribution >= 4 is 23.4 Å². The molecule has 0 radical (unpaired) electrons. The first-order valence-corrected chi connectivity index (χ1v) is 12.8. The van der Waals surface area contributed by atoms with Crippen LogP contribution in [0, 0.1) is 5.92 Å². The fourth-order valence-corrected chi connectivity index (χ4v) is 5.01. The summed E-state index contributed by atoms with van der Waals surface area (Å²) in [5.74, 6) is 0.512. The molecular weight excluding hydrogens is 430 g/mol. The van der Waals surface area contributed by atoms with E-state index >= 15 is 0 Å². The molecule has 2 aliphatic rings. The summed E-state index contributed by atoms with van der Waals surface area (Å²) in [6.07, 6.45) is 3.32. The number of carbonyl (C=O) groups is 2. The van der Waals surface area contributed by atoms with Gasteiger partial charge in [-0.2, -0.15) is 0 Å². The first kappa shape index (κ1) is 26.5. The van der Waals surface area contributed by atoms with Gasteiger partial charge in [0.25, 0.3) is 0 Å². The Morgan fingerprint density at radius 2 is 1.91 bits per heavy atom. The third-order valence-corrected chi connectivity index (χ3v) is 6.46. The van der Waals surface area contributed by atoms with Gasteiger partial charge in [-0.05, 0) is 84.5 Å². The number of carbonyl (C=O) groups excluding carboxylic acids is 2. The zero-order chi connectivity index (χ0) is 25.2. The van der Waals surface area contributed by atoms with Crippen molar-refractivity contribution in [3.8, 4) is 0 Å². The standard InChI is InChI=1S/C27H43N3O4/c1-8-9-22(16-28(7)17-27(5,6)33)21-12-13-23-24(14-21)29(26(32)34-18(2)3)15-19(4)30(23)25(31)20-10-11-20/h12-14,18-20,22,33H,8-11,15-17H2,1-7H3/t19-,22?/m0/s1. The molecule has 1 heterocycles. The lowest BCUT2D eigenvalue weighted by Crippen LogP contribution is -2.52. The van der Waals surface area contributed by atoms with Gasteiger partial charge in [0.05, 0.1) is 29.1 Å². The topological polar surface area (TPSA) is 73.3 Å². The van der Waals surface area contributed by atoms with E-state index < -0.39 is 5.60 Å². The molecule has 2 atom stereocenters. The average Bonchev–Trinajstić information content (AvgIpc) is 3.55. The molecule has 2 amide bonds. The number of aliphatic hydroxyl groups is 1. The van der Waals surface area contributed by atoms with Crippen molar-refractivity contribution in [3.63, 3.8) is 0 Å². The van der Waals surface area contributed by atoms with Gasteiger partial charge in [-0.3, -0.25) is 9.69 Å². The number of ether oxygens (including phenoxy) is 1. The van der Waals surface area contributed by atoms with Crippen LogP contribution in [0.1, 0.15) is 78.7 Å². The molecular formula is C27H43N3O4. The molecule has 7 heteroatoms. The maximum Gasteiger partial charge on any atom is 0.414 e. The Kier molecular flexibility index (Phi) is 8.30. The molecule has 1 aromatic rings. The van der Waals surface area contributed by atoms with E-state index in [0.29, 0.717) is 13.1 Å². The smallest absolute Gasteiger partial charge is 0.414 e. The van der Waals surface area contributed by atoms with Gasteiger partial charge in [-0.15, -0.1) is 0 Å². The van der Waals surface area contributed by atoms with Crippen LogP contribution in [-0.4, -0.2) is 66.4 Å². The maximum absolute atomic E-state index is 13.1. The van der Waals surface area contributed by atoms with Crippen molar-refractivity contribution in [2.45, 2.75) is 90.9 Å². The van der Waals surface area contributed by atoms with E-state index in [2.05, 4.69) is 24.0 Å². The number of benzene rings is 1. The Balaban J connectivity index is 1.97. The van der Waals surface area contributed by atoms with Crippen LogP contribution in [0.15, 0.2) is 18.2 Å². The van der Waals surface area contributed by atoms with Gasteiger partial charge in [-0.25, -0.2) is 4.79 Å². The monoisotopic (exact) mass is 473 g/mol. The van der Waals surface area contributed by atoms with Gasteiger partial charge in [0.2, 0.25) is 5.91 Å². The second-order valence-electron chi connectivity index (χ2n) is 11.1. The first-order valence-electron chi connectivity index (χ1n) is 12.8. The minimum atomic E-state index is -0.765. The number of hydrogen-bond acceptors (Lipinski definition) is 5. The number of anilines is 2. The van der Waals surface area contributed by atoms with Crippen molar-refractivity contribution in [3.05, 3.63) is 23.8 Å². The summed E-state index contributed by atoms with van der Waals surface area (Å²) >= 11 is 0. The molecule has 190 valence electrons. The number of fused-ring (bicyclic) bond motifs is 1. The zero-order valence-electron chi connectivity index (χ0n) is 22.0. The highest BCUT2D eigenvalue weighted by Gasteiger charge is 2.41. The molecule has 0 aromatic heterocycles. The molecule has 3 rings (SSSR count). The predicted molar refractivity (Wildman–Crippen MR) is 137 cm³/mol. The van der Waals surface area contributed by atoms with Gasteiger partial charge in [0.1, 0.15) is 0 Å². The molecule has 0 saturated heterocycles. The molecule has 1 N–H and O–H groups in total. The largest absolute Gasteiger partial charge is 0.446 e. The normalized spacial score (nSPS) is 19.4. The summed E-state index contributed by atoms with van der Waals surface area (Å²) in [6.45, 7) is 13.3. The van der Waals surface area contributed by atoms with Crippen LogP contribution in [0.25, 0.3) is 0 Å².